The number of carbonyl (C=O) groups excluding carboxylic acids is 1. The van der Waals surface area contributed by atoms with E-state index < -0.39 is 0 Å². The van der Waals surface area contributed by atoms with Gasteiger partial charge in [0.15, 0.2) is 5.69 Å². The van der Waals surface area contributed by atoms with Crippen LogP contribution in [0.2, 0.25) is 0 Å². The van der Waals surface area contributed by atoms with Crippen molar-refractivity contribution in [3.8, 4) is 6.07 Å². The molecule has 23 heavy (non-hydrogen) atoms. The number of nitrogens with one attached hydrogen (secondary N) is 1. The summed E-state index contributed by atoms with van der Waals surface area (Å²) in [5, 5.41) is 16.0. The second-order valence-electron chi connectivity index (χ2n) is 5.24. The van der Waals surface area contributed by atoms with Gasteiger partial charge in [-0.05, 0) is 38.1 Å². The van der Waals surface area contributed by atoms with Gasteiger partial charge in [-0.15, -0.1) is 0 Å². The van der Waals surface area contributed by atoms with Crippen LogP contribution in [0.4, 0.5) is 5.95 Å². The van der Waals surface area contributed by atoms with Crippen LogP contribution in [0, 0.1) is 18.3 Å². The highest BCUT2D eigenvalue weighted by Gasteiger charge is 2.16. The summed E-state index contributed by atoms with van der Waals surface area (Å²) >= 11 is 0. The van der Waals surface area contributed by atoms with Gasteiger partial charge in [0.25, 0.3) is 5.91 Å². The first-order valence-electron chi connectivity index (χ1n) is 7.26. The maximum atomic E-state index is 12.4. The Morgan fingerprint density at radius 3 is 2.78 bits per heavy atom. The largest absolute Gasteiger partial charge is 0.310 e. The van der Waals surface area contributed by atoms with E-state index in [4.69, 9.17) is 5.26 Å². The van der Waals surface area contributed by atoms with E-state index in [2.05, 4.69) is 21.5 Å². The molecule has 1 N–H and O–H groups in total. The van der Waals surface area contributed by atoms with E-state index in [0.717, 1.165) is 11.2 Å². The monoisotopic (exact) mass is 308 g/mol. The predicted molar refractivity (Wildman–Crippen MR) is 86.0 cm³/mol. The molecule has 2 aromatic heterocycles. The summed E-state index contributed by atoms with van der Waals surface area (Å²) < 4.78 is 3.54. The van der Waals surface area contributed by atoms with Crippen molar-refractivity contribution in [3.05, 3.63) is 41.2 Å². The Bertz CT molecular complexity index is 924. The molecule has 0 aliphatic carbocycles. The third-order valence-electron chi connectivity index (χ3n) is 3.77. The average Bonchev–Trinajstić information content (AvgIpc) is 3.06. The second-order valence-corrected chi connectivity index (χ2v) is 5.24. The van der Waals surface area contributed by atoms with E-state index in [1.54, 1.807) is 29.9 Å². The Morgan fingerprint density at radius 2 is 2.17 bits per heavy atom. The quantitative estimate of drug-likeness (QED) is 0.803. The fourth-order valence-corrected chi connectivity index (χ4v) is 2.45. The van der Waals surface area contributed by atoms with Gasteiger partial charge in [-0.1, -0.05) is 0 Å². The van der Waals surface area contributed by atoms with Gasteiger partial charge in [0, 0.05) is 19.3 Å². The molecule has 7 nitrogen and oxygen atoms in total. The molecular weight excluding hydrogens is 292 g/mol. The first-order valence-corrected chi connectivity index (χ1v) is 7.26. The van der Waals surface area contributed by atoms with Crippen molar-refractivity contribution in [2.24, 2.45) is 7.05 Å². The smallest absolute Gasteiger partial charge is 0.278 e. The summed E-state index contributed by atoms with van der Waals surface area (Å²) in [5.41, 5.74) is 3.34. The molecule has 0 aliphatic heterocycles. The summed E-state index contributed by atoms with van der Waals surface area (Å²) in [7, 11) is 1.79. The molecule has 0 bridgehead atoms. The molecule has 0 saturated carbocycles. The maximum Gasteiger partial charge on any atom is 0.278 e. The lowest BCUT2D eigenvalue weighted by Crippen LogP contribution is -2.16. The highest BCUT2D eigenvalue weighted by Crippen LogP contribution is 2.21. The molecule has 7 heteroatoms. The van der Waals surface area contributed by atoms with Crippen molar-refractivity contribution in [2.45, 2.75) is 20.4 Å². The number of hydrogen-bond donors (Lipinski definition) is 1. The lowest BCUT2D eigenvalue weighted by molar-refractivity contribution is 0.102. The summed E-state index contributed by atoms with van der Waals surface area (Å²) in [6.07, 6.45) is 0. The van der Waals surface area contributed by atoms with Gasteiger partial charge in [0.05, 0.1) is 22.7 Å². The van der Waals surface area contributed by atoms with Crippen LogP contribution >= 0.6 is 0 Å². The van der Waals surface area contributed by atoms with Crippen molar-refractivity contribution in [3.63, 3.8) is 0 Å². The Kier molecular flexibility index (Phi) is 3.58. The number of aryl methyl sites for hydroxylation is 3. The number of aromatic nitrogens is 4. The molecule has 0 fully saturated rings. The molecule has 0 unspecified atom stereocenters. The Morgan fingerprint density at radius 1 is 1.39 bits per heavy atom. The van der Waals surface area contributed by atoms with Gasteiger partial charge in [-0.25, -0.2) is 4.98 Å². The number of imidazole rings is 1. The number of anilines is 1. The summed E-state index contributed by atoms with van der Waals surface area (Å²) in [5.74, 6) is 0.144. The molecule has 3 aromatic rings. The molecule has 0 atom stereocenters. The molecule has 0 aliphatic rings. The number of nitriles is 1. The molecule has 2 heterocycles. The standard InChI is InChI=1S/C16H16N6O/c1-4-22-14-6-5-11(9-17)8-12(14)18-16(22)19-15(23)13-7-10(2)21(3)20-13/h5-8H,4H2,1-3H3,(H,18,19,23). The Balaban J connectivity index is 1.99. The molecule has 1 aromatic carbocycles. The fourth-order valence-electron chi connectivity index (χ4n) is 2.45. The maximum absolute atomic E-state index is 12.4. The highest BCUT2D eigenvalue weighted by molar-refractivity contribution is 6.02. The minimum atomic E-state index is -0.306. The molecule has 3 rings (SSSR count). The average molecular weight is 308 g/mol. The molecule has 116 valence electrons. The van der Waals surface area contributed by atoms with Crippen LogP contribution in [0.1, 0.15) is 28.7 Å². The first-order chi connectivity index (χ1) is 11.0. The van der Waals surface area contributed by atoms with E-state index in [9.17, 15) is 4.79 Å². The number of rotatable bonds is 3. The minimum Gasteiger partial charge on any atom is -0.310 e. The number of nitrogens with zero attached hydrogens (tertiary/aromatic N) is 5. The van der Waals surface area contributed by atoms with Crippen molar-refractivity contribution in [2.75, 3.05) is 5.32 Å². The third-order valence-corrected chi connectivity index (χ3v) is 3.77. The molecule has 0 saturated heterocycles. The first kappa shape index (κ1) is 14.8. The zero-order chi connectivity index (χ0) is 16.6. The van der Waals surface area contributed by atoms with E-state index in [1.165, 1.54) is 0 Å². The molecule has 0 radical (unpaired) electrons. The fraction of sp³-hybridized carbons (Fsp3) is 0.250. The van der Waals surface area contributed by atoms with Crippen LogP contribution in [-0.4, -0.2) is 25.2 Å². The van der Waals surface area contributed by atoms with Crippen LogP contribution < -0.4 is 5.32 Å². The Hall–Kier alpha value is -3.14. The van der Waals surface area contributed by atoms with E-state index in [0.29, 0.717) is 29.3 Å². The topological polar surface area (TPSA) is 88.5 Å². The summed E-state index contributed by atoms with van der Waals surface area (Å²) in [4.78, 5) is 16.8. The van der Waals surface area contributed by atoms with Crippen LogP contribution in [0.3, 0.4) is 0 Å². The number of fused-ring (bicyclic) bond motifs is 1. The second kappa shape index (κ2) is 5.57. The van der Waals surface area contributed by atoms with E-state index in [-0.39, 0.29) is 5.91 Å². The lowest BCUT2D eigenvalue weighted by Gasteiger charge is -2.06. The lowest BCUT2D eigenvalue weighted by atomic mass is 10.2. The van der Waals surface area contributed by atoms with Gasteiger partial charge < -0.3 is 4.57 Å². The van der Waals surface area contributed by atoms with Crippen LogP contribution in [-0.2, 0) is 13.6 Å². The normalized spacial score (nSPS) is 10.7. The SMILES string of the molecule is CCn1c(NC(=O)c2cc(C)n(C)n2)nc2cc(C#N)ccc21. The van der Waals surface area contributed by atoms with E-state index >= 15 is 0 Å². The summed E-state index contributed by atoms with van der Waals surface area (Å²) in [6, 6.07) is 9.10. The zero-order valence-corrected chi connectivity index (χ0v) is 13.2. The van der Waals surface area contributed by atoms with Crippen molar-refractivity contribution >= 4 is 22.9 Å². The van der Waals surface area contributed by atoms with Crippen LogP contribution in [0.15, 0.2) is 24.3 Å². The Labute approximate surface area is 133 Å². The highest BCUT2D eigenvalue weighted by atomic mass is 16.2. The number of carbonyl (C=O) groups is 1. The number of hydrogen-bond acceptors (Lipinski definition) is 4. The third kappa shape index (κ3) is 2.55. The predicted octanol–water partition coefficient (Wildman–Crippen LogP) is 2.22. The number of amides is 1. The molecular formula is C16H16N6O. The molecule has 0 spiro atoms. The summed E-state index contributed by atoms with van der Waals surface area (Å²) in [6.45, 7) is 4.51. The minimum absolute atomic E-state index is 0.306. The van der Waals surface area contributed by atoms with Gasteiger partial charge in [-0.3, -0.25) is 14.8 Å². The van der Waals surface area contributed by atoms with Crippen molar-refractivity contribution < 1.29 is 4.79 Å². The van der Waals surface area contributed by atoms with Crippen LogP contribution in [0.5, 0.6) is 0 Å². The number of benzene rings is 1. The van der Waals surface area contributed by atoms with Gasteiger partial charge >= 0.3 is 0 Å². The van der Waals surface area contributed by atoms with Crippen molar-refractivity contribution in [1.29, 1.82) is 5.26 Å². The van der Waals surface area contributed by atoms with Gasteiger partial charge in [0.2, 0.25) is 5.95 Å². The zero-order valence-electron chi connectivity index (χ0n) is 13.2. The van der Waals surface area contributed by atoms with Gasteiger partial charge in [0.1, 0.15) is 0 Å². The van der Waals surface area contributed by atoms with Crippen LogP contribution in [0.25, 0.3) is 11.0 Å². The van der Waals surface area contributed by atoms with Gasteiger partial charge in [-0.2, -0.15) is 10.4 Å². The van der Waals surface area contributed by atoms with Crippen molar-refractivity contribution in [1.82, 2.24) is 19.3 Å². The molecule has 1 amide bonds. The van der Waals surface area contributed by atoms with E-state index in [1.807, 2.05) is 24.5 Å².